The lowest BCUT2D eigenvalue weighted by molar-refractivity contribution is -0.120. The van der Waals surface area contributed by atoms with E-state index in [1.165, 1.54) is 6.92 Å². The van der Waals surface area contributed by atoms with Crippen molar-refractivity contribution in [2.24, 2.45) is 5.92 Å². The molecule has 1 aromatic heterocycles. The zero-order chi connectivity index (χ0) is 20.9. The summed E-state index contributed by atoms with van der Waals surface area (Å²) >= 11 is 0. The van der Waals surface area contributed by atoms with Gasteiger partial charge in [0, 0.05) is 31.2 Å². The molecule has 0 saturated heterocycles. The van der Waals surface area contributed by atoms with Gasteiger partial charge in [0.05, 0.1) is 22.3 Å². The van der Waals surface area contributed by atoms with Crippen molar-refractivity contribution in [3.05, 3.63) is 36.4 Å². The van der Waals surface area contributed by atoms with Gasteiger partial charge in [-0.3, -0.25) is 14.5 Å². The highest BCUT2D eigenvalue weighted by atomic mass is 32.2. The number of hydrogen-bond acceptors (Lipinski definition) is 5. The van der Waals surface area contributed by atoms with Crippen LogP contribution in [0.4, 0.5) is 11.5 Å². The molecule has 4 rings (SSSR count). The monoisotopic (exact) mass is 413 g/mol. The number of fused-ring (bicyclic) bond motifs is 1. The minimum atomic E-state index is -3.28. The third kappa shape index (κ3) is 3.64. The van der Waals surface area contributed by atoms with E-state index in [2.05, 4.69) is 0 Å². The van der Waals surface area contributed by atoms with Crippen molar-refractivity contribution >= 4 is 33.2 Å². The van der Waals surface area contributed by atoms with Crippen molar-refractivity contribution in [1.82, 2.24) is 4.98 Å². The molecule has 1 aliphatic carbocycles. The first-order valence-corrected chi connectivity index (χ1v) is 11.5. The number of anilines is 2. The quantitative estimate of drug-likeness (QED) is 0.772. The molecule has 2 aromatic rings. The lowest BCUT2D eigenvalue weighted by Gasteiger charge is -2.40. The van der Waals surface area contributed by atoms with Gasteiger partial charge >= 0.3 is 0 Å². The molecule has 1 fully saturated rings. The van der Waals surface area contributed by atoms with Gasteiger partial charge < -0.3 is 4.90 Å². The van der Waals surface area contributed by atoms with Gasteiger partial charge in [-0.05, 0) is 44.0 Å². The summed E-state index contributed by atoms with van der Waals surface area (Å²) in [5.41, 5.74) is 1.99. The third-order valence-electron chi connectivity index (χ3n) is 5.37. The number of amides is 2. The van der Waals surface area contributed by atoms with Crippen LogP contribution >= 0.6 is 0 Å². The maximum absolute atomic E-state index is 12.9. The maximum atomic E-state index is 12.9. The number of benzene rings is 1. The standard InChI is InChI=1S/C21H23N3O4S/c1-13-12-23(21(26)16-4-5-16)20-19(24(13)14(2)25)11-10-18(22-20)15-6-8-17(9-7-15)29(3,27)28/h6-11,13,16H,4-5,12H2,1-3H3/t13-/m0/s1. The van der Waals surface area contributed by atoms with Crippen LogP contribution in [0.2, 0.25) is 0 Å². The molecule has 29 heavy (non-hydrogen) atoms. The average molecular weight is 413 g/mol. The highest BCUT2D eigenvalue weighted by Crippen LogP contribution is 2.40. The summed E-state index contributed by atoms with van der Waals surface area (Å²) in [6.07, 6.45) is 2.95. The fraction of sp³-hybridized carbons (Fsp3) is 0.381. The molecule has 0 spiro atoms. The lowest BCUT2D eigenvalue weighted by Crippen LogP contribution is -2.52. The van der Waals surface area contributed by atoms with Crippen LogP contribution in [0, 0.1) is 5.92 Å². The van der Waals surface area contributed by atoms with Crippen molar-refractivity contribution in [2.45, 2.75) is 37.6 Å². The largest absolute Gasteiger partial charge is 0.305 e. The second-order valence-corrected chi connectivity index (χ2v) is 9.81. The Balaban J connectivity index is 1.78. The summed E-state index contributed by atoms with van der Waals surface area (Å²) in [5.74, 6) is 0.487. The van der Waals surface area contributed by atoms with Crippen LogP contribution in [0.5, 0.6) is 0 Å². The van der Waals surface area contributed by atoms with Gasteiger partial charge in [-0.15, -0.1) is 0 Å². The van der Waals surface area contributed by atoms with Crippen molar-refractivity contribution in [2.75, 3.05) is 22.6 Å². The van der Waals surface area contributed by atoms with E-state index in [-0.39, 0.29) is 28.7 Å². The van der Waals surface area contributed by atoms with Gasteiger partial charge in [0.1, 0.15) is 0 Å². The number of pyridine rings is 1. The Kier molecular flexibility index (Phi) is 4.69. The molecule has 0 radical (unpaired) electrons. The van der Waals surface area contributed by atoms with Crippen LogP contribution < -0.4 is 9.80 Å². The molecule has 1 atom stereocenters. The van der Waals surface area contributed by atoms with Gasteiger partial charge in [0.25, 0.3) is 0 Å². The SMILES string of the molecule is CC(=O)N1c2ccc(-c3ccc(S(C)(=O)=O)cc3)nc2N(C(=O)C2CC2)C[C@@H]1C. The first-order valence-electron chi connectivity index (χ1n) is 9.59. The summed E-state index contributed by atoms with van der Waals surface area (Å²) in [5, 5.41) is 0. The highest BCUT2D eigenvalue weighted by Gasteiger charge is 2.40. The number of carbonyl (C=O) groups is 2. The topological polar surface area (TPSA) is 87.7 Å². The van der Waals surface area contributed by atoms with E-state index in [0.29, 0.717) is 23.7 Å². The summed E-state index contributed by atoms with van der Waals surface area (Å²) < 4.78 is 23.4. The van der Waals surface area contributed by atoms with Crippen molar-refractivity contribution in [1.29, 1.82) is 0 Å². The lowest BCUT2D eigenvalue weighted by atomic mass is 10.1. The second kappa shape index (κ2) is 6.95. The van der Waals surface area contributed by atoms with E-state index in [1.54, 1.807) is 40.1 Å². The van der Waals surface area contributed by atoms with Crippen LogP contribution in [0.3, 0.4) is 0 Å². The first-order chi connectivity index (χ1) is 13.7. The molecule has 2 amide bonds. The number of aromatic nitrogens is 1. The number of sulfone groups is 1. The third-order valence-corrected chi connectivity index (χ3v) is 6.50. The highest BCUT2D eigenvalue weighted by molar-refractivity contribution is 7.90. The van der Waals surface area contributed by atoms with Crippen LogP contribution in [0.1, 0.15) is 26.7 Å². The Morgan fingerprint density at radius 2 is 1.72 bits per heavy atom. The van der Waals surface area contributed by atoms with Crippen LogP contribution in [-0.4, -0.2) is 44.1 Å². The zero-order valence-electron chi connectivity index (χ0n) is 16.6. The van der Waals surface area contributed by atoms with Gasteiger partial charge in [0.15, 0.2) is 15.7 Å². The minimum Gasteiger partial charge on any atom is -0.305 e. The van der Waals surface area contributed by atoms with Gasteiger partial charge in [0.2, 0.25) is 11.8 Å². The molecule has 8 heteroatoms. The van der Waals surface area contributed by atoms with Crippen LogP contribution in [0.15, 0.2) is 41.3 Å². The van der Waals surface area contributed by atoms with E-state index < -0.39 is 9.84 Å². The molecule has 1 aliphatic heterocycles. The van der Waals surface area contributed by atoms with Gasteiger partial charge in [-0.1, -0.05) is 12.1 Å². The molecule has 7 nitrogen and oxygen atoms in total. The second-order valence-electron chi connectivity index (χ2n) is 7.80. The molecule has 0 bridgehead atoms. The predicted octanol–water partition coefficient (Wildman–Crippen LogP) is 2.65. The minimum absolute atomic E-state index is 0.0402. The Hall–Kier alpha value is -2.74. The Labute approximate surface area is 170 Å². The summed E-state index contributed by atoms with van der Waals surface area (Å²) in [6.45, 7) is 3.84. The molecule has 1 saturated carbocycles. The Morgan fingerprint density at radius 1 is 1.07 bits per heavy atom. The van der Waals surface area contributed by atoms with E-state index >= 15 is 0 Å². The number of carbonyl (C=O) groups excluding carboxylic acids is 2. The van der Waals surface area contributed by atoms with E-state index in [0.717, 1.165) is 24.7 Å². The van der Waals surface area contributed by atoms with Crippen LogP contribution in [0.25, 0.3) is 11.3 Å². The average Bonchev–Trinajstić information content (AvgIpc) is 3.51. The summed E-state index contributed by atoms with van der Waals surface area (Å²) in [6, 6.07) is 9.96. The summed E-state index contributed by atoms with van der Waals surface area (Å²) in [4.78, 5) is 33.4. The predicted molar refractivity (Wildman–Crippen MR) is 110 cm³/mol. The fourth-order valence-electron chi connectivity index (χ4n) is 3.76. The molecule has 2 aliphatic rings. The molecule has 152 valence electrons. The molecule has 0 N–H and O–H groups in total. The van der Waals surface area contributed by atoms with Gasteiger partial charge in [-0.25, -0.2) is 13.4 Å². The Bertz CT molecular complexity index is 1090. The molecule has 0 unspecified atom stereocenters. The van der Waals surface area contributed by atoms with E-state index in [4.69, 9.17) is 4.98 Å². The normalized spacial score (nSPS) is 19.1. The van der Waals surface area contributed by atoms with Crippen LogP contribution in [-0.2, 0) is 19.4 Å². The van der Waals surface area contributed by atoms with E-state index in [1.807, 2.05) is 13.0 Å². The fourth-order valence-corrected chi connectivity index (χ4v) is 4.39. The van der Waals surface area contributed by atoms with Crippen molar-refractivity contribution in [3.63, 3.8) is 0 Å². The smallest absolute Gasteiger partial charge is 0.231 e. The van der Waals surface area contributed by atoms with E-state index in [9.17, 15) is 18.0 Å². The molecular weight excluding hydrogens is 390 g/mol. The van der Waals surface area contributed by atoms with Gasteiger partial charge in [-0.2, -0.15) is 0 Å². The zero-order valence-corrected chi connectivity index (χ0v) is 17.4. The molecule has 1 aromatic carbocycles. The number of hydrogen-bond donors (Lipinski definition) is 0. The number of nitrogens with zero attached hydrogens (tertiary/aromatic N) is 3. The van der Waals surface area contributed by atoms with Crippen molar-refractivity contribution < 1.29 is 18.0 Å². The summed E-state index contributed by atoms with van der Waals surface area (Å²) in [7, 11) is -3.28. The first kappa shape index (κ1) is 19.6. The maximum Gasteiger partial charge on any atom is 0.231 e. The van der Waals surface area contributed by atoms with Crippen molar-refractivity contribution in [3.8, 4) is 11.3 Å². The molecular formula is C21H23N3O4S. The number of rotatable bonds is 3. The Morgan fingerprint density at radius 3 is 2.28 bits per heavy atom. The molecule has 2 heterocycles.